The van der Waals surface area contributed by atoms with Gasteiger partial charge in [-0.05, 0) is 12.1 Å². The molecule has 1 N–H and O–H groups in total. The van der Waals surface area contributed by atoms with Crippen LogP contribution in [0.15, 0.2) is 12.1 Å². The predicted octanol–water partition coefficient (Wildman–Crippen LogP) is 0.777. The maximum Gasteiger partial charge on any atom is 0.236 e. The Balaban J connectivity index is 2.14. The summed E-state index contributed by atoms with van der Waals surface area (Å²) in [6.45, 7) is 3.77. The van der Waals surface area contributed by atoms with Crippen LogP contribution in [0.25, 0.3) is 0 Å². The minimum atomic E-state index is -0.406. The second-order valence-corrected chi connectivity index (χ2v) is 3.78. The van der Waals surface area contributed by atoms with E-state index in [-0.39, 0.29) is 0 Å². The van der Waals surface area contributed by atoms with Gasteiger partial charge in [0.15, 0.2) is 0 Å². The standard InChI is InChI=1S/C11H16FN3O/c1-16-8-9-2-3-10(11(12)14-9)15-6-4-13-5-7-15/h2-3,13H,4-8H2,1H3. The molecular weight excluding hydrogens is 209 g/mol. The summed E-state index contributed by atoms with van der Waals surface area (Å²) in [5.74, 6) is -0.406. The molecule has 0 spiro atoms. The van der Waals surface area contributed by atoms with Crippen LogP contribution in [-0.4, -0.2) is 38.3 Å². The number of hydrogen-bond acceptors (Lipinski definition) is 4. The molecule has 0 aliphatic carbocycles. The number of nitrogens with zero attached hydrogens (tertiary/aromatic N) is 2. The van der Waals surface area contributed by atoms with Crippen LogP contribution < -0.4 is 10.2 Å². The van der Waals surface area contributed by atoms with E-state index >= 15 is 0 Å². The summed E-state index contributed by atoms with van der Waals surface area (Å²) in [5.41, 5.74) is 1.21. The van der Waals surface area contributed by atoms with E-state index in [9.17, 15) is 4.39 Å². The smallest absolute Gasteiger partial charge is 0.236 e. The molecule has 1 aromatic heterocycles. The van der Waals surface area contributed by atoms with Crippen molar-refractivity contribution in [1.29, 1.82) is 0 Å². The molecule has 16 heavy (non-hydrogen) atoms. The molecule has 4 nitrogen and oxygen atoms in total. The number of nitrogens with one attached hydrogen (secondary N) is 1. The fourth-order valence-electron chi connectivity index (χ4n) is 1.83. The maximum atomic E-state index is 13.7. The first kappa shape index (κ1) is 11.3. The average molecular weight is 225 g/mol. The second-order valence-electron chi connectivity index (χ2n) is 3.78. The zero-order chi connectivity index (χ0) is 11.4. The van der Waals surface area contributed by atoms with Crippen LogP contribution in [0.2, 0.25) is 0 Å². The van der Waals surface area contributed by atoms with Crippen molar-refractivity contribution in [3.8, 4) is 0 Å². The molecule has 0 atom stereocenters. The fourth-order valence-corrected chi connectivity index (χ4v) is 1.83. The molecule has 5 heteroatoms. The normalized spacial score (nSPS) is 16.5. The lowest BCUT2D eigenvalue weighted by Gasteiger charge is -2.29. The molecule has 0 bridgehead atoms. The Morgan fingerprint density at radius 3 is 2.81 bits per heavy atom. The van der Waals surface area contributed by atoms with Gasteiger partial charge in [0.2, 0.25) is 5.95 Å². The van der Waals surface area contributed by atoms with E-state index in [1.165, 1.54) is 0 Å². The zero-order valence-electron chi connectivity index (χ0n) is 9.37. The first-order chi connectivity index (χ1) is 7.81. The number of hydrogen-bond donors (Lipinski definition) is 1. The van der Waals surface area contributed by atoms with Crippen molar-refractivity contribution >= 4 is 5.69 Å². The summed E-state index contributed by atoms with van der Waals surface area (Å²) in [6.07, 6.45) is 0. The van der Waals surface area contributed by atoms with Crippen LogP contribution in [0.1, 0.15) is 5.69 Å². The van der Waals surface area contributed by atoms with E-state index in [1.807, 2.05) is 11.0 Å². The molecule has 2 heterocycles. The van der Waals surface area contributed by atoms with Crippen molar-refractivity contribution in [2.24, 2.45) is 0 Å². The Kier molecular flexibility index (Phi) is 3.69. The number of ether oxygens (including phenoxy) is 1. The first-order valence-electron chi connectivity index (χ1n) is 5.41. The number of aromatic nitrogens is 1. The molecule has 0 saturated carbocycles. The van der Waals surface area contributed by atoms with Gasteiger partial charge >= 0.3 is 0 Å². The van der Waals surface area contributed by atoms with Crippen molar-refractivity contribution in [3.05, 3.63) is 23.8 Å². The Bertz CT molecular complexity index is 353. The number of piperazine rings is 1. The van der Waals surface area contributed by atoms with Gasteiger partial charge in [0.25, 0.3) is 0 Å². The van der Waals surface area contributed by atoms with Crippen LogP contribution in [0.4, 0.5) is 10.1 Å². The summed E-state index contributed by atoms with van der Waals surface area (Å²) < 4.78 is 18.6. The molecule has 0 amide bonds. The topological polar surface area (TPSA) is 37.4 Å². The molecule has 1 aromatic rings. The van der Waals surface area contributed by atoms with Crippen LogP contribution >= 0.6 is 0 Å². The second kappa shape index (κ2) is 5.23. The van der Waals surface area contributed by atoms with Gasteiger partial charge in [0.05, 0.1) is 18.0 Å². The van der Waals surface area contributed by atoms with Gasteiger partial charge in [-0.15, -0.1) is 0 Å². The molecule has 2 rings (SSSR count). The summed E-state index contributed by atoms with van der Waals surface area (Å²) in [7, 11) is 1.57. The molecule has 1 aliphatic heterocycles. The van der Waals surface area contributed by atoms with Gasteiger partial charge in [0.1, 0.15) is 0 Å². The van der Waals surface area contributed by atoms with Gasteiger partial charge in [0, 0.05) is 33.3 Å². The summed E-state index contributed by atoms with van der Waals surface area (Å²) >= 11 is 0. The molecule has 0 aromatic carbocycles. The van der Waals surface area contributed by atoms with Crippen molar-refractivity contribution in [2.75, 3.05) is 38.2 Å². The SMILES string of the molecule is COCc1ccc(N2CCNCC2)c(F)n1. The zero-order valence-corrected chi connectivity index (χ0v) is 9.37. The van der Waals surface area contributed by atoms with E-state index in [2.05, 4.69) is 10.3 Å². The molecule has 1 aliphatic rings. The third-order valence-corrected chi connectivity index (χ3v) is 2.64. The molecule has 88 valence electrons. The van der Waals surface area contributed by atoms with Crippen LogP contribution in [0.3, 0.4) is 0 Å². The van der Waals surface area contributed by atoms with Crippen molar-refractivity contribution in [3.63, 3.8) is 0 Å². The van der Waals surface area contributed by atoms with Gasteiger partial charge in [-0.1, -0.05) is 0 Å². The number of anilines is 1. The van der Waals surface area contributed by atoms with Gasteiger partial charge in [-0.25, -0.2) is 4.98 Å². The summed E-state index contributed by atoms with van der Waals surface area (Å²) in [4.78, 5) is 5.89. The Morgan fingerprint density at radius 1 is 1.44 bits per heavy atom. The highest BCUT2D eigenvalue weighted by molar-refractivity contribution is 5.46. The summed E-state index contributed by atoms with van der Waals surface area (Å²) in [6, 6.07) is 3.59. The molecule has 0 radical (unpaired) electrons. The van der Waals surface area contributed by atoms with E-state index in [4.69, 9.17) is 4.74 Å². The van der Waals surface area contributed by atoms with E-state index < -0.39 is 5.95 Å². The number of pyridine rings is 1. The van der Waals surface area contributed by atoms with Crippen LogP contribution in [0.5, 0.6) is 0 Å². The number of rotatable bonds is 3. The molecule has 1 saturated heterocycles. The fraction of sp³-hybridized carbons (Fsp3) is 0.545. The highest BCUT2D eigenvalue weighted by atomic mass is 19.1. The van der Waals surface area contributed by atoms with Crippen LogP contribution in [-0.2, 0) is 11.3 Å². The monoisotopic (exact) mass is 225 g/mol. The van der Waals surface area contributed by atoms with Crippen molar-refractivity contribution in [2.45, 2.75) is 6.61 Å². The minimum Gasteiger partial charge on any atom is -0.378 e. The highest BCUT2D eigenvalue weighted by Crippen LogP contribution is 2.18. The number of methoxy groups -OCH3 is 1. The first-order valence-corrected chi connectivity index (χ1v) is 5.41. The Hall–Kier alpha value is -1.20. The minimum absolute atomic E-state index is 0.346. The third kappa shape index (κ3) is 2.48. The molecule has 0 unspecified atom stereocenters. The number of halogens is 1. The lowest BCUT2D eigenvalue weighted by molar-refractivity contribution is 0.180. The van der Waals surface area contributed by atoms with Crippen molar-refractivity contribution in [1.82, 2.24) is 10.3 Å². The van der Waals surface area contributed by atoms with Gasteiger partial charge in [-0.3, -0.25) is 0 Å². The lowest BCUT2D eigenvalue weighted by Crippen LogP contribution is -2.44. The third-order valence-electron chi connectivity index (χ3n) is 2.64. The van der Waals surface area contributed by atoms with Crippen LogP contribution in [0, 0.1) is 5.95 Å². The highest BCUT2D eigenvalue weighted by Gasteiger charge is 2.15. The largest absolute Gasteiger partial charge is 0.378 e. The van der Waals surface area contributed by atoms with Gasteiger partial charge in [-0.2, -0.15) is 4.39 Å². The summed E-state index contributed by atoms with van der Waals surface area (Å²) in [5, 5.41) is 3.23. The van der Waals surface area contributed by atoms with E-state index in [0.29, 0.717) is 18.0 Å². The Labute approximate surface area is 94.4 Å². The average Bonchev–Trinajstić information content (AvgIpc) is 2.31. The van der Waals surface area contributed by atoms with E-state index in [1.54, 1.807) is 13.2 Å². The van der Waals surface area contributed by atoms with Crippen molar-refractivity contribution < 1.29 is 9.13 Å². The van der Waals surface area contributed by atoms with Gasteiger partial charge < -0.3 is 15.0 Å². The maximum absolute atomic E-state index is 13.7. The molecular formula is C11H16FN3O. The predicted molar refractivity (Wildman–Crippen MR) is 60.0 cm³/mol. The lowest BCUT2D eigenvalue weighted by atomic mass is 10.2. The van der Waals surface area contributed by atoms with E-state index in [0.717, 1.165) is 26.2 Å². The quantitative estimate of drug-likeness (QED) is 0.771. The molecule has 1 fully saturated rings. The Morgan fingerprint density at radius 2 is 2.19 bits per heavy atom.